The largest absolute Gasteiger partial charge is 0.480 e. The lowest BCUT2D eigenvalue weighted by Crippen LogP contribution is -2.41. The Morgan fingerprint density at radius 1 is 1.43 bits per heavy atom. The molecular formula is C14H18N2O4S. The fraction of sp³-hybridized carbons (Fsp3) is 0.429. The van der Waals surface area contributed by atoms with Crippen molar-refractivity contribution >= 4 is 16.0 Å². The minimum Gasteiger partial charge on any atom is -0.480 e. The second-order valence-electron chi connectivity index (χ2n) is 5.23. The molecule has 1 rings (SSSR count). The Bertz CT molecular complexity index is 675. The van der Waals surface area contributed by atoms with Crippen LogP contribution in [-0.2, 0) is 14.8 Å². The normalized spacial score (nSPS) is 12.9. The van der Waals surface area contributed by atoms with Crippen LogP contribution >= 0.6 is 0 Å². The second-order valence-corrected chi connectivity index (χ2v) is 6.94. The van der Waals surface area contributed by atoms with Gasteiger partial charge in [0.2, 0.25) is 10.0 Å². The molecule has 0 heterocycles. The van der Waals surface area contributed by atoms with Gasteiger partial charge < -0.3 is 5.11 Å². The molecule has 0 bridgehead atoms. The number of carboxylic acid groups (broad SMARTS) is 1. The van der Waals surface area contributed by atoms with E-state index in [4.69, 9.17) is 10.4 Å². The van der Waals surface area contributed by atoms with Gasteiger partial charge in [-0.1, -0.05) is 13.8 Å². The van der Waals surface area contributed by atoms with Crippen molar-refractivity contribution in [3.63, 3.8) is 0 Å². The fourth-order valence-electron chi connectivity index (χ4n) is 1.85. The van der Waals surface area contributed by atoms with Gasteiger partial charge in [0, 0.05) is 0 Å². The van der Waals surface area contributed by atoms with Crippen molar-refractivity contribution in [1.82, 2.24) is 4.72 Å². The molecule has 1 aromatic carbocycles. The molecule has 0 aliphatic carbocycles. The summed E-state index contributed by atoms with van der Waals surface area (Å²) >= 11 is 0. The van der Waals surface area contributed by atoms with E-state index >= 15 is 0 Å². The maximum Gasteiger partial charge on any atom is 0.321 e. The molecular weight excluding hydrogens is 292 g/mol. The first-order valence-electron chi connectivity index (χ1n) is 6.43. The van der Waals surface area contributed by atoms with Gasteiger partial charge in [0.15, 0.2) is 0 Å². The number of nitrogens with zero attached hydrogens (tertiary/aromatic N) is 1. The SMILES string of the molecule is Cc1cc(S(=O)(=O)N[C@H](CC(C)C)C(=O)O)ccc1C#N. The standard InChI is InChI=1S/C14H18N2O4S/c1-9(2)6-13(14(17)18)16-21(19,20)12-5-4-11(8-15)10(3)7-12/h4-5,7,9,13,16H,6H2,1-3H3,(H,17,18)/t13-/m1/s1. The first-order valence-corrected chi connectivity index (χ1v) is 7.91. The summed E-state index contributed by atoms with van der Waals surface area (Å²) in [6.45, 7) is 5.26. The Kier molecular flexibility index (Phi) is 5.47. The first kappa shape index (κ1) is 17.1. The molecule has 114 valence electrons. The molecule has 6 nitrogen and oxygen atoms in total. The van der Waals surface area contributed by atoms with E-state index in [1.54, 1.807) is 6.92 Å². The van der Waals surface area contributed by atoms with E-state index in [2.05, 4.69) is 4.72 Å². The van der Waals surface area contributed by atoms with Crippen molar-refractivity contribution in [1.29, 1.82) is 5.26 Å². The zero-order valence-corrected chi connectivity index (χ0v) is 12.9. The molecule has 2 N–H and O–H groups in total. The van der Waals surface area contributed by atoms with Gasteiger partial charge in [-0.25, -0.2) is 8.42 Å². The van der Waals surface area contributed by atoms with Gasteiger partial charge in [-0.05, 0) is 43.0 Å². The summed E-state index contributed by atoms with van der Waals surface area (Å²) in [5.74, 6) is -1.17. The predicted molar refractivity (Wildman–Crippen MR) is 77.1 cm³/mol. The lowest BCUT2D eigenvalue weighted by atomic mass is 10.1. The number of nitrogens with one attached hydrogen (secondary N) is 1. The number of rotatable bonds is 6. The van der Waals surface area contributed by atoms with Crippen LogP contribution in [0.3, 0.4) is 0 Å². The highest BCUT2D eigenvalue weighted by molar-refractivity contribution is 7.89. The number of nitriles is 1. The molecule has 0 aliphatic rings. The number of sulfonamides is 1. The molecule has 0 saturated carbocycles. The minimum absolute atomic E-state index is 0.0384. The van der Waals surface area contributed by atoms with E-state index < -0.39 is 22.0 Å². The smallest absolute Gasteiger partial charge is 0.321 e. The Morgan fingerprint density at radius 3 is 2.48 bits per heavy atom. The Balaban J connectivity index is 3.08. The van der Waals surface area contributed by atoms with E-state index in [0.717, 1.165) is 0 Å². The van der Waals surface area contributed by atoms with Crippen molar-refractivity contribution in [2.24, 2.45) is 5.92 Å². The van der Waals surface area contributed by atoms with Gasteiger partial charge in [-0.15, -0.1) is 0 Å². The molecule has 0 aromatic heterocycles. The lowest BCUT2D eigenvalue weighted by Gasteiger charge is -2.17. The van der Waals surface area contributed by atoms with Crippen molar-refractivity contribution in [2.45, 2.75) is 38.1 Å². The summed E-state index contributed by atoms with van der Waals surface area (Å²) in [5.41, 5.74) is 0.905. The topological polar surface area (TPSA) is 107 Å². The van der Waals surface area contributed by atoms with E-state index in [9.17, 15) is 13.2 Å². The quantitative estimate of drug-likeness (QED) is 0.830. The zero-order chi connectivity index (χ0) is 16.2. The Hall–Kier alpha value is -1.91. The molecule has 0 amide bonds. The Morgan fingerprint density at radius 2 is 2.05 bits per heavy atom. The van der Waals surface area contributed by atoms with Crippen molar-refractivity contribution in [3.8, 4) is 6.07 Å². The molecule has 1 atom stereocenters. The third-order valence-corrected chi connectivity index (χ3v) is 4.40. The van der Waals surface area contributed by atoms with Gasteiger partial charge in [0.25, 0.3) is 0 Å². The molecule has 1 aromatic rings. The van der Waals surface area contributed by atoms with Crippen LogP contribution in [0.5, 0.6) is 0 Å². The monoisotopic (exact) mass is 310 g/mol. The maximum atomic E-state index is 12.2. The van der Waals surface area contributed by atoms with Gasteiger partial charge in [0.1, 0.15) is 6.04 Å². The average Bonchev–Trinajstić information content (AvgIpc) is 2.36. The van der Waals surface area contributed by atoms with Crippen LogP contribution in [0.15, 0.2) is 23.1 Å². The molecule has 0 spiro atoms. The van der Waals surface area contributed by atoms with Gasteiger partial charge in [0.05, 0.1) is 16.5 Å². The molecule has 7 heteroatoms. The summed E-state index contributed by atoms with van der Waals surface area (Å²) in [4.78, 5) is 11.1. The van der Waals surface area contributed by atoms with E-state index in [-0.39, 0.29) is 17.2 Å². The number of carbonyl (C=O) groups is 1. The van der Waals surface area contributed by atoms with Crippen LogP contribution in [-0.4, -0.2) is 25.5 Å². The summed E-state index contributed by atoms with van der Waals surface area (Å²) in [7, 11) is -3.94. The van der Waals surface area contributed by atoms with Crippen LogP contribution < -0.4 is 4.72 Å². The van der Waals surface area contributed by atoms with Crippen molar-refractivity contribution < 1.29 is 18.3 Å². The molecule has 0 aliphatic heterocycles. The van der Waals surface area contributed by atoms with Crippen LogP contribution in [0.25, 0.3) is 0 Å². The number of aryl methyl sites for hydroxylation is 1. The highest BCUT2D eigenvalue weighted by atomic mass is 32.2. The molecule has 0 unspecified atom stereocenters. The van der Waals surface area contributed by atoms with Gasteiger partial charge in [-0.3, -0.25) is 4.79 Å². The average molecular weight is 310 g/mol. The van der Waals surface area contributed by atoms with Crippen molar-refractivity contribution in [3.05, 3.63) is 29.3 Å². The molecule has 0 fully saturated rings. The highest BCUT2D eigenvalue weighted by Gasteiger charge is 2.26. The lowest BCUT2D eigenvalue weighted by molar-refractivity contribution is -0.139. The number of hydrogen-bond donors (Lipinski definition) is 2. The number of aliphatic carboxylic acids is 1. The summed E-state index contributed by atoms with van der Waals surface area (Å²) in [5, 5.41) is 17.9. The summed E-state index contributed by atoms with van der Waals surface area (Å²) in [6.07, 6.45) is 0.198. The van der Waals surface area contributed by atoms with E-state index in [1.807, 2.05) is 19.9 Å². The third-order valence-electron chi connectivity index (χ3n) is 2.93. The summed E-state index contributed by atoms with van der Waals surface area (Å²) < 4.78 is 26.6. The van der Waals surface area contributed by atoms with Crippen LogP contribution in [0, 0.1) is 24.2 Å². The van der Waals surface area contributed by atoms with Gasteiger partial charge in [-0.2, -0.15) is 9.98 Å². The van der Waals surface area contributed by atoms with Gasteiger partial charge >= 0.3 is 5.97 Å². The van der Waals surface area contributed by atoms with Crippen molar-refractivity contribution in [2.75, 3.05) is 0 Å². The number of benzene rings is 1. The first-order chi connectivity index (χ1) is 9.67. The van der Waals surface area contributed by atoms with Crippen LogP contribution in [0.1, 0.15) is 31.4 Å². The Labute approximate surface area is 124 Å². The number of carboxylic acids is 1. The molecule has 0 radical (unpaired) electrons. The van der Waals surface area contributed by atoms with E-state index in [0.29, 0.717) is 11.1 Å². The van der Waals surface area contributed by atoms with E-state index in [1.165, 1.54) is 18.2 Å². The molecule has 21 heavy (non-hydrogen) atoms. The third kappa shape index (κ3) is 4.55. The van der Waals surface area contributed by atoms with Crippen LogP contribution in [0.4, 0.5) is 0 Å². The fourth-order valence-corrected chi connectivity index (χ4v) is 3.14. The zero-order valence-electron chi connectivity index (χ0n) is 12.1. The summed E-state index contributed by atoms with van der Waals surface area (Å²) in [6, 6.07) is 4.83. The molecule has 0 saturated heterocycles. The maximum absolute atomic E-state index is 12.2. The number of hydrogen-bond acceptors (Lipinski definition) is 4. The predicted octanol–water partition coefficient (Wildman–Crippen LogP) is 1.64. The van der Waals surface area contributed by atoms with Crippen LogP contribution in [0.2, 0.25) is 0 Å². The minimum atomic E-state index is -3.94. The second kappa shape index (κ2) is 6.70. The highest BCUT2D eigenvalue weighted by Crippen LogP contribution is 2.16.